The molecule has 2 nitrogen and oxygen atoms in total. The Balaban J connectivity index is 3.33. The zero-order valence-electron chi connectivity index (χ0n) is 9.30. The highest BCUT2D eigenvalue weighted by atomic mass is 16.1. The Morgan fingerprint density at radius 3 is 2.50 bits per heavy atom. The molecule has 1 unspecified atom stereocenters. The number of unbranched alkanes of at least 4 members (excludes halogenated alkanes) is 4. The first-order chi connectivity index (χ1) is 6.72. The van der Waals surface area contributed by atoms with Crippen molar-refractivity contribution in [2.45, 2.75) is 51.9 Å². The molecule has 0 aliphatic carbocycles. The minimum absolute atomic E-state index is 0.0920. The first kappa shape index (κ1) is 13.2. The van der Waals surface area contributed by atoms with Crippen molar-refractivity contribution in [2.75, 3.05) is 0 Å². The number of rotatable bonds is 9. The van der Waals surface area contributed by atoms with Crippen molar-refractivity contribution in [1.29, 1.82) is 0 Å². The van der Waals surface area contributed by atoms with Crippen LogP contribution in [0.5, 0.6) is 0 Å². The summed E-state index contributed by atoms with van der Waals surface area (Å²) in [7, 11) is 0. The van der Waals surface area contributed by atoms with E-state index in [1.165, 1.54) is 19.3 Å². The normalized spacial score (nSPS) is 12.4. The molecule has 1 amide bonds. The number of hydrogen-bond donors (Lipinski definition) is 1. The van der Waals surface area contributed by atoms with Gasteiger partial charge in [0.05, 0.1) is 0 Å². The first-order valence-electron chi connectivity index (χ1n) is 5.62. The van der Waals surface area contributed by atoms with Gasteiger partial charge >= 0.3 is 0 Å². The molecule has 0 saturated heterocycles. The highest BCUT2D eigenvalue weighted by Gasteiger charge is 2.11. The summed E-state index contributed by atoms with van der Waals surface area (Å²) >= 11 is 0. The Labute approximate surface area is 87.6 Å². The van der Waals surface area contributed by atoms with Crippen LogP contribution in [0, 0.1) is 5.92 Å². The van der Waals surface area contributed by atoms with Gasteiger partial charge in [-0.25, -0.2) is 0 Å². The van der Waals surface area contributed by atoms with E-state index >= 15 is 0 Å². The van der Waals surface area contributed by atoms with Crippen LogP contribution in [0.3, 0.4) is 0 Å². The van der Waals surface area contributed by atoms with Crippen molar-refractivity contribution in [3.8, 4) is 0 Å². The van der Waals surface area contributed by atoms with Gasteiger partial charge in [0.15, 0.2) is 0 Å². The highest BCUT2D eigenvalue weighted by Crippen LogP contribution is 2.14. The van der Waals surface area contributed by atoms with Gasteiger partial charge in [0.2, 0.25) is 5.91 Å². The minimum Gasteiger partial charge on any atom is -0.369 e. The van der Waals surface area contributed by atoms with E-state index in [1.54, 1.807) is 0 Å². The fourth-order valence-corrected chi connectivity index (χ4v) is 1.58. The summed E-state index contributed by atoms with van der Waals surface area (Å²) in [6.07, 6.45) is 9.68. The third kappa shape index (κ3) is 6.70. The number of hydrogen-bond acceptors (Lipinski definition) is 1. The molecule has 2 heteroatoms. The second kappa shape index (κ2) is 8.79. The van der Waals surface area contributed by atoms with Gasteiger partial charge < -0.3 is 5.73 Å². The van der Waals surface area contributed by atoms with Crippen molar-refractivity contribution in [2.24, 2.45) is 11.7 Å². The summed E-state index contributed by atoms with van der Waals surface area (Å²) in [4.78, 5) is 10.9. The zero-order chi connectivity index (χ0) is 10.8. The first-order valence-corrected chi connectivity index (χ1v) is 5.62. The number of carbonyl (C=O) groups is 1. The molecule has 0 aliphatic rings. The van der Waals surface area contributed by atoms with Gasteiger partial charge in [-0.2, -0.15) is 0 Å². The summed E-state index contributed by atoms with van der Waals surface area (Å²) in [5.41, 5.74) is 5.26. The van der Waals surface area contributed by atoms with Crippen LogP contribution in [0.1, 0.15) is 51.9 Å². The van der Waals surface area contributed by atoms with E-state index in [0.29, 0.717) is 0 Å². The second-order valence-electron chi connectivity index (χ2n) is 3.79. The van der Waals surface area contributed by atoms with Gasteiger partial charge in [-0.15, -0.1) is 6.58 Å². The van der Waals surface area contributed by atoms with Gasteiger partial charge in [-0.05, 0) is 25.7 Å². The third-order valence-corrected chi connectivity index (χ3v) is 2.61. The largest absolute Gasteiger partial charge is 0.369 e. The Morgan fingerprint density at radius 2 is 2.00 bits per heavy atom. The molecule has 0 aromatic carbocycles. The van der Waals surface area contributed by atoms with Gasteiger partial charge in [0, 0.05) is 5.92 Å². The molecule has 0 aliphatic heterocycles. The fraction of sp³-hybridized carbons (Fsp3) is 0.750. The predicted octanol–water partition coefficient (Wildman–Crippen LogP) is 3.02. The smallest absolute Gasteiger partial charge is 0.220 e. The lowest BCUT2D eigenvalue weighted by molar-refractivity contribution is -0.122. The maximum Gasteiger partial charge on any atom is 0.220 e. The van der Waals surface area contributed by atoms with E-state index in [1.807, 2.05) is 13.0 Å². The van der Waals surface area contributed by atoms with Crippen LogP contribution in [-0.2, 0) is 4.79 Å². The van der Waals surface area contributed by atoms with Crippen molar-refractivity contribution in [3.05, 3.63) is 12.7 Å². The molecule has 0 heterocycles. The number of amides is 1. The third-order valence-electron chi connectivity index (χ3n) is 2.61. The maximum absolute atomic E-state index is 10.9. The van der Waals surface area contributed by atoms with Gasteiger partial charge in [-0.1, -0.05) is 32.3 Å². The summed E-state index contributed by atoms with van der Waals surface area (Å²) in [6.45, 7) is 5.70. The van der Waals surface area contributed by atoms with E-state index in [2.05, 4.69) is 6.58 Å². The van der Waals surface area contributed by atoms with Crippen LogP contribution in [-0.4, -0.2) is 5.91 Å². The Hall–Kier alpha value is -0.790. The zero-order valence-corrected chi connectivity index (χ0v) is 9.30. The van der Waals surface area contributed by atoms with E-state index in [-0.39, 0.29) is 11.8 Å². The quantitative estimate of drug-likeness (QED) is 0.448. The van der Waals surface area contributed by atoms with Gasteiger partial charge in [-0.3, -0.25) is 4.79 Å². The molecule has 0 radical (unpaired) electrons. The second-order valence-corrected chi connectivity index (χ2v) is 3.79. The summed E-state index contributed by atoms with van der Waals surface area (Å²) in [5.74, 6) is -0.0482. The average molecular weight is 197 g/mol. The van der Waals surface area contributed by atoms with Crippen LogP contribution in [0.25, 0.3) is 0 Å². The Bertz CT molecular complexity index is 166. The molecule has 0 spiro atoms. The Kier molecular flexibility index (Phi) is 8.30. The average Bonchev–Trinajstić information content (AvgIpc) is 2.16. The maximum atomic E-state index is 10.9. The molecule has 0 aromatic heterocycles. The molecule has 0 saturated carbocycles. The lowest BCUT2D eigenvalue weighted by Gasteiger charge is -2.09. The van der Waals surface area contributed by atoms with Crippen molar-refractivity contribution < 1.29 is 4.79 Å². The molecule has 82 valence electrons. The van der Waals surface area contributed by atoms with E-state index in [0.717, 1.165) is 25.7 Å². The predicted molar refractivity (Wildman–Crippen MR) is 60.9 cm³/mol. The lowest BCUT2D eigenvalue weighted by Crippen LogP contribution is -2.22. The summed E-state index contributed by atoms with van der Waals surface area (Å²) in [6, 6.07) is 0. The molecule has 1 atom stereocenters. The highest BCUT2D eigenvalue weighted by molar-refractivity contribution is 5.76. The van der Waals surface area contributed by atoms with Gasteiger partial charge in [0.25, 0.3) is 0 Å². The molecular formula is C12H23NO. The molecule has 14 heavy (non-hydrogen) atoms. The molecule has 0 aromatic rings. The lowest BCUT2D eigenvalue weighted by atomic mass is 9.97. The Morgan fingerprint density at radius 1 is 1.36 bits per heavy atom. The monoisotopic (exact) mass is 197 g/mol. The topological polar surface area (TPSA) is 43.1 Å². The minimum atomic E-state index is -0.140. The van der Waals surface area contributed by atoms with Crippen molar-refractivity contribution in [3.63, 3.8) is 0 Å². The fourth-order valence-electron chi connectivity index (χ4n) is 1.58. The van der Waals surface area contributed by atoms with Crippen LogP contribution in [0.2, 0.25) is 0 Å². The number of nitrogens with two attached hydrogens (primary N) is 1. The molecule has 0 rings (SSSR count). The van der Waals surface area contributed by atoms with Crippen LogP contribution in [0.4, 0.5) is 0 Å². The van der Waals surface area contributed by atoms with Crippen LogP contribution >= 0.6 is 0 Å². The van der Waals surface area contributed by atoms with E-state index < -0.39 is 0 Å². The van der Waals surface area contributed by atoms with Gasteiger partial charge in [0.1, 0.15) is 0 Å². The molecule has 0 bridgehead atoms. The van der Waals surface area contributed by atoms with Crippen LogP contribution < -0.4 is 5.73 Å². The molecule has 2 N–H and O–H groups in total. The summed E-state index contributed by atoms with van der Waals surface area (Å²) in [5, 5.41) is 0. The molecular weight excluding hydrogens is 174 g/mol. The number of primary amides is 1. The summed E-state index contributed by atoms with van der Waals surface area (Å²) < 4.78 is 0. The van der Waals surface area contributed by atoms with Crippen molar-refractivity contribution in [1.82, 2.24) is 0 Å². The number of carbonyl (C=O) groups excluding carboxylic acids is 1. The van der Waals surface area contributed by atoms with Crippen LogP contribution in [0.15, 0.2) is 12.7 Å². The SMILES string of the molecule is C=CCCCCCCC(CC)C(N)=O. The molecule has 0 fully saturated rings. The standard InChI is InChI=1S/C12H23NO/c1-3-5-6-7-8-9-10-11(4-2)12(13)14/h3,11H,1,4-10H2,2H3,(H2,13,14). The van der Waals surface area contributed by atoms with Crippen molar-refractivity contribution >= 4 is 5.91 Å². The number of allylic oxidation sites excluding steroid dienone is 1. The van der Waals surface area contributed by atoms with E-state index in [9.17, 15) is 4.79 Å². The van der Waals surface area contributed by atoms with E-state index in [4.69, 9.17) is 5.73 Å².